The molecular weight excluding hydrogens is 915 g/mol. The largest absolute Gasteiger partial charge is 0.454 e. The predicted molar refractivity (Wildman–Crippen MR) is 309 cm³/mol. The lowest BCUT2D eigenvalue weighted by Crippen LogP contribution is -2.13. The van der Waals surface area contributed by atoms with E-state index in [0.29, 0.717) is 0 Å². The van der Waals surface area contributed by atoms with E-state index in [9.17, 15) is 0 Å². The van der Waals surface area contributed by atoms with Crippen LogP contribution < -0.4 is 14.7 Å². The summed E-state index contributed by atoms with van der Waals surface area (Å²) < 4.78 is 12.2. The van der Waals surface area contributed by atoms with Gasteiger partial charge < -0.3 is 19.1 Å². The van der Waals surface area contributed by atoms with Gasteiger partial charge in [0.05, 0.1) is 5.69 Å². The minimum atomic E-state index is 0.816. The number of fused-ring (bicyclic) bond motifs is 9. The Morgan fingerprint density at radius 1 is 0.250 bits per heavy atom. The van der Waals surface area contributed by atoms with Gasteiger partial charge in [-0.1, -0.05) is 133 Å². The van der Waals surface area contributed by atoms with E-state index < -0.39 is 0 Å². The fourth-order valence-electron chi connectivity index (χ4n) is 10.5. The topological polar surface area (TPSA) is 22.9 Å². The number of furan rings is 1. The van der Waals surface area contributed by atoms with Crippen LogP contribution in [0.25, 0.3) is 73.4 Å². The van der Waals surface area contributed by atoms with Crippen molar-refractivity contribution < 1.29 is 4.42 Å². The third-order valence-electron chi connectivity index (χ3n) is 13.8. The molecule has 340 valence electrons. The highest BCUT2D eigenvalue weighted by Crippen LogP contribution is 2.49. The molecule has 0 spiro atoms. The zero-order valence-corrected chi connectivity index (χ0v) is 40.5. The number of hydrogen-bond donors (Lipinski definition) is 0. The fraction of sp³-hybridized carbons (Fsp3) is 0. The average Bonchev–Trinajstić information content (AvgIpc) is 4.13. The van der Waals surface area contributed by atoms with E-state index in [4.69, 9.17) is 4.42 Å². The van der Waals surface area contributed by atoms with Crippen LogP contribution in [0.4, 0.5) is 51.2 Å². The number of hydrogen-bond acceptors (Lipinski definition) is 6. The van der Waals surface area contributed by atoms with Crippen LogP contribution in [0.15, 0.2) is 265 Å². The van der Waals surface area contributed by atoms with Crippen molar-refractivity contribution in [2.45, 2.75) is 0 Å². The second-order valence-corrected chi connectivity index (χ2v) is 20.3. The highest BCUT2D eigenvalue weighted by molar-refractivity contribution is 7.26. The van der Waals surface area contributed by atoms with E-state index >= 15 is 0 Å². The maximum absolute atomic E-state index is 7.12. The smallest absolute Gasteiger partial charge is 0.159 e. The Balaban J connectivity index is 0.940. The van der Waals surface area contributed by atoms with Gasteiger partial charge in [-0.3, -0.25) is 0 Å². The van der Waals surface area contributed by atoms with Crippen LogP contribution in [0, 0.1) is 0 Å². The second kappa shape index (κ2) is 17.5. The zero-order valence-electron chi connectivity index (χ0n) is 38.9. The van der Waals surface area contributed by atoms with Crippen molar-refractivity contribution >= 4 is 136 Å². The van der Waals surface area contributed by atoms with Crippen LogP contribution in [0.2, 0.25) is 0 Å². The first-order chi connectivity index (χ1) is 35.7. The summed E-state index contributed by atoms with van der Waals surface area (Å²) in [4.78, 5) is 7.07. The molecule has 11 aromatic carbocycles. The molecule has 0 unspecified atom stereocenters. The molecule has 0 saturated heterocycles. The lowest BCUT2D eigenvalue weighted by atomic mass is 10.0. The first kappa shape index (κ1) is 42.0. The van der Waals surface area contributed by atoms with Crippen molar-refractivity contribution in [3.05, 3.63) is 261 Å². The Labute approximate surface area is 424 Å². The first-order valence-electron chi connectivity index (χ1n) is 24.2. The van der Waals surface area contributed by atoms with Gasteiger partial charge in [-0.2, -0.15) is 0 Å². The van der Waals surface area contributed by atoms with Gasteiger partial charge in [-0.05, 0) is 139 Å². The van der Waals surface area contributed by atoms with E-state index in [0.717, 1.165) is 84.3 Å². The van der Waals surface area contributed by atoms with Gasteiger partial charge in [0.15, 0.2) is 5.58 Å². The number of anilines is 9. The van der Waals surface area contributed by atoms with Gasteiger partial charge in [0.1, 0.15) is 5.58 Å². The van der Waals surface area contributed by atoms with Crippen LogP contribution in [0.1, 0.15) is 0 Å². The van der Waals surface area contributed by atoms with Crippen LogP contribution >= 0.6 is 22.7 Å². The molecule has 4 nitrogen and oxygen atoms in total. The number of thiophene rings is 2. The molecule has 0 saturated carbocycles. The van der Waals surface area contributed by atoms with Crippen molar-refractivity contribution in [1.82, 2.24) is 0 Å². The van der Waals surface area contributed by atoms with Crippen LogP contribution in [-0.2, 0) is 0 Å². The molecule has 3 aromatic heterocycles. The maximum atomic E-state index is 7.12. The van der Waals surface area contributed by atoms with E-state index in [2.05, 4.69) is 276 Å². The predicted octanol–water partition coefficient (Wildman–Crippen LogP) is 20.4. The Kier molecular flexibility index (Phi) is 10.2. The third kappa shape index (κ3) is 7.27. The van der Waals surface area contributed by atoms with E-state index in [1.54, 1.807) is 0 Å². The molecule has 0 amide bonds. The minimum Gasteiger partial charge on any atom is -0.454 e. The van der Waals surface area contributed by atoms with E-state index in [1.165, 1.54) is 40.3 Å². The molecule has 14 aromatic rings. The third-order valence-corrected chi connectivity index (χ3v) is 16.1. The number of para-hydroxylation sites is 4. The summed E-state index contributed by atoms with van der Waals surface area (Å²) in [6.45, 7) is 0. The zero-order chi connectivity index (χ0) is 47.5. The van der Waals surface area contributed by atoms with Crippen LogP contribution in [0.3, 0.4) is 0 Å². The molecule has 0 N–H and O–H groups in total. The first-order valence-corrected chi connectivity index (χ1v) is 25.9. The normalized spacial score (nSPS) is 11.6. The van der Waals surface area contributed by atoms with Gasteiger partial charge in [-0.25, -0.2) is 0 Å². The number of rotatable bonds is 10. The lowest BCUT2D eigenvalue weighted by Gasteiger charge is -2.29. The van der Waals surface area contributed by atoms with Gasteiger partial charge in [0.25, 0.3) is 0 Å². The summed E-state index contributed by atoms with van der Waals surface area (Å²) in [7, 11) is 0. The quantitative estimate of drug-likeness (QED) is 0.136. The Hall–Kier alpha value is -8.94. The molecule has 6 heteroatoms. The molecule has 3 heterocycles. The summed E-state index contributed by atoms with van der Waals surface area (Å²) in [6, 6.07) is 94.0. The monoisotopic (exact) mass is 957 g/mol. The number of benzene rings is 11. The molecule has 0 radical (unpaired) electrons. The number of nitrogens with zero attached hydrogens (tertiary/aromatic N) is 3. The summed E-state index contributed by atoms with van der Waals surface area (Å²) in [5.74, 6) is 0. The molecule has 0 aliphatic heterocycles. The van der Waals surface area contributed by atoms with Crippen molar-refractivity contribution in [3.63, 3.8) is 0 Å². The van der Waals surface area contributed by atoms with Gasteiger partial charge >= 0.3 is 0 Å². The van der Waals surface area contributed by atoms with Crippen LogP contribution in [-0.4, -0.2) is 0 Å². The fourth-order valence-corrected chi connectivity index (χ4v) is 12.7. The summed E-state index contributed by atoms with van der Waals surface area (Å²) in [5.41, 5.74) is 13.4. The van der Waals surface area contributed by atoms with Crippen LogP contribution in [0.5, 0.6) is 0 Å². The SMILES string of the molecule is c1ccc(N(c2ccc(-c3ccc4oc5c(N(c6ccccc6)c6ccc7c(c6)sc6ccccc67)cc(N(c6ccccc6)c6ccccc6)cc5c4c3)cc2)c2ccc3sc4ccccc4c3c2)cc1. The summed E-state index contributed by atoms with van der Waals surface area (Å²) in [6.07, 6.45) is 0. The summed E-state index contributed by atoms with van der Waals surface area (Å²) in [5, 5.41) is 7.18. The summed E-state index contributed by atoms with van der Waals surface area (Å²) >= 11 is 3.68. The molecule has 0 aliphatic carbocycles. The molecule has 0 atom stereocenters. The molecule has 0 fully saturated rings. The van der Waals surface area contributed by atoms with E-state index in [-0.39, 0.29) is 0 Å². The Bertz CT molecular complexity index is 4240. The highest BCUT2D eigenvalue weighted by Gasteiger charge is 2.25. The average molecular weight is 958 g/mol. The molecule has 72 heavy (non-hydrogen) atoms. The highest BCUT2D eigenvalue weighted by atomic mass is 32.1. The Morgan fingerprint density at radius 3 is 1.33 bits per heavy atom. The molecule has 0 aliphatic rings. The minimum absolute atomic E-state index is 0.816. The van der Waals surface area contributed by atoms with Crippen molar-refractivity contribution in [1.29, 1.82) is 0 Å². The second-order valence-electron chi connectivity index (χ2n) is 18.1. The molecular formula is C66H43N3OS2. The van der Waals surface area contributed by atoms with Crippen molar-refractivity contribution in [2.24, 2.45) is 0 Å². The standard InChI is InChI=1S/C66H43N3OS2/c1-5-17-46(18-6-1)67(51-35-38-64-58(40-51)55-26-14-16-28-63(55)71-64)50-32-29-44(30-33-50)45-31-37-61-57(39-45)59-41-53(68(47-19-7-2-8-20-47)48-21-9-3-10-22-48)42-60(66(59)70-61)69(49-23-11-4-12-24-49)52-34-36-56-54-25-13-15-27-62(54)72-65(56)43-52/h1-43H. The van der Waals surface area contributed by atoms with E-state index in [1.807, 2.05) is 22.7 Å². The van der Waals surface area contributed by atoms with Gasteiger partial charge in [0.2, 0.25) is 0 Å². The van der Waals surface area contributed by atoms with Crippen molar-refractivity contribution in [2.75, 3.05) is 14.7 Å². The maximum Gasteiger partial charge on any atom is 0.159 e. The van der Waals surface area contributed by atoms with Gasteiger partial charge in [-0.15, -0.1) is 22.7 Å². The lowest BCUT2D eigenvalue weighted by molar-refractivity contribution is 0.669. The molecule has 0 bridgehead atoms. The Morgan fingerprint density at radius 2 is 0.694 bits per heavy atom. The molecule has 14 rings (SSSR count). The van der Waals surface area contributed by atoms with Gasteiger partial charge in [0, 0.05) is 96.6 Å². The van der Waals surface area contributed by atoms with Crippen molar-refractivity contribution in [3.8, 4) is 11.1 Å².